The highest BCUT2D eigenvalue weighted by Crippen LogP contribution is 2.77. The van der Waals surface area contributed by atoms with Crippen LogP contribution in [0.4, 0.5) is 0 Å². The first-order valence-electron chi connectivity index (χ1n) is 16.8. The summed E-state index contributed by atoms with van der Waals surface area (Å²) < 4.78 is 5.96. The second-order valence-corrected chi connectivity index (χ2v) is 20.2. The van der Waals surface area contributed by atoms with E-state index in [1.165, 1.54) is 142 Å². The third kappa shape index (κ3) is 10.9. The van der Waals surface area contributed by atoms with Gasteiger partial charge in [-0.1, -0.05) is 129 Å². The summed E-state index contributed by atoms with van der Waals surface area (Å²) in [5.41, 5.74) is 3.23. The second-order valence-electron chi connectivity index (χ2n) is 11.9. The largest absolute Gasteiger partial charge is 0.125 e. The molecule has 2 aromatic heterocycles. The van der Waals surface area contributed by atoms with Crippen molar-refractivity contribution in [3.63, 3.8) is 0 Å². The lowest BCUT2D eigenvalue weighted by molar-refractivity contribution is 0.606. The van der Waals surface area contributed by atoms with E-state index >= 15 is 0 Å². The Labute approximate surface area is 279 Å². The molecule has 0 bridgehead atoms. The minimum atomic E-state index is -1.32. The van der Waals surface area contributed by atoms with Crippen molar-refractivity contribution in [3.8, 4) is 0 Å². The number of halogens is 2. The standard InChI is InChI=1S/C36H56Br2S3/c1-4-7-10-13-16-19-23-30-28-33(37)39-35(30)41(27-22-26-32(41)25-21-18-15-12-9-6-3)36-31(29-34(38)40-36)24-20-17-14-11-8-5-2/h22,26-29H,4-21,23-25H2,1-3H3. The van der Waals surface area contributed by atoms with E-state index in [0.717, 1.165) is 0 Å². The average molecular weight is 745 g/mol. The van der Waals surface area contributed by atoms with Crippen LogP contribution < -0.4 is 0 Å². The summed E-state index contributed by atoms with van der Waals surface area (Å²) in [5.74, 6) is 0. The lowest BCUT2D eigenvalue weighted by atomic mass is 10.1. The van der Waals surface area contributed by atoms with Gasteiger partial charge in [0.15, 0.2) is 0 Å². The minimum Gasteiger partial charge on any atom is -0.125 e. The number of allylic oxidation sites excluding steroid dienone is 3. The van der Waals surface area contributed by atoms with E-state index in [9.17, 15) is 0 Å². The maximum atomic E-state index is 3.96. The summed E-state index contributed by atoms with van der Waals surface area (Å²) in [5, 5.41) is 2.66. The summed E-state index contributed by atoms with van der Waals surface area (Å²) in [6.45, 7) is 6.94. The van der Waals surface area contributed by atoms with E-state index < -0.39 is 10.0 Å². The monoisotopic (exact) mass is 742 g/mol. The third-order valence-electron chi connectivity index (χ3n) is 8.42. The summed E-state index contributed by atoms with van der Waals surface area (Å²) in [6.07, 6.45) is 33.1. The maximum absolute atomic E-state index is 3.96. The summed E-state index contributed by atoms with van der Waals surface area (Å²) in [6, 6.07) is 4.96. The van der Waals surface area contributed by atoms with Gasteiger partial charge in [0, 0.05) is 0 Å². The molecular weight excluding hydrogens is 688 g/mol. The zero-order valence-corrected chi connectivity index (χ0v) is 31.8. The van der Waals surface area contributed by atoms with Crippen LogP contribution >= 0.6 is 64.6 Å². The first-order valence-corrected chi connectivity index (χ1v) is 21.7. The van der Waals surface area contributed by atoms with Crippen molar-refractivity contribution in [3.05, 3.63) is 53.3 Å². The van der Waals surface area contributed by atoms with Crippen LogP contribution in [0.5, 0.6) is 0 Å². The molecule has 2 aromatic rings. The molecule has 0 aliphatic carbocycles. The molecule has 41 heavy (non-hydrogen) atoms. The second kappa shape index (κ2) is 20.3. The molecule has 3 rings (SSSR count). The molecule has 0 spiro atoms. The molecule has 0 saturated heterocycles. The first-order chi connectivity index (χ1) is 20.1. The Kier molecular flexibility index (Phi) is 17.6. The molecule has 1 aliphatic heterocycles. The fraction of sp³-hybridized carbons (Fsp3) is 0.667. The van der Waals surface area contributed by atoms with Gasteiger partial charge >= 0.3 is 0 Å². The SMILES string of the molecule is CCCCCCCCC1=CC=CS1(c1sc(Br)cc1CCCCCCCC)c1sc(Br)cc1CCCCCCCC. The van der Waals surface area contributed by atoms with E-state index in [2.05, 4.69) is 82.3 Å². The predicted octanol–water partition coefficient (Wildman–Crippen LogP) is 15.5. The summed E-state index contributed by atoms with van der Waals surface area (Å²) in [4.78, 5) is 1.71. The predicted molar refractivity (Wildman–Crippen MR) is 198 cm³/mol. The Morgan fingerprint density at radius 1 is 0.537 bits per heavy atom. The van der Waals surface area contributed by atoms with Gasteiger partial charge in [-0.3, -0.25) is 0 Å². The lowest BCUT2D eigenvalue weighted by Crippen LogP contribution is -2.03. The number of unbranched alkanes of at least 4 members (excludes halogenated alkanes) is 15. The van der Waals surface area contributed by atoms with Crippen LogP contribution in [-0.4, -0.2) is 0 Å². The third-order valence-corrected chi connectivity index (χ3v) is 16.9. The highest BCUT2D eigenvalue weighted by atomic mass is 79.9. The van der Waals surface area contributed by atoms with E-state index in [-0.39, 0.29) is 0 Å². The molecule has 0 N–H and O–H groups in total. The molecule has 1 aliphatic rings. The van der Waals surface area contributed by atoms with Crippen molar-refractivity contribution >= 4 is 64.6 Å². The van der Waals surface area contributed by atoms with Crippen LogP contribution in [0.15, 0.2) is 50.6 Å². The van der Waals surface area contributed by atoms with Crippen molar-refractivity contribution in [1.82, 2.24) is 0 Å². The zero-order chi connectivity index (χ0) is 29.3. The zero-order valence-electron chi connectivity index (χ0n) is 26.2. The number of thiophene rings is 2. The van der Waals surface area contributed by atoms with Gasteiger partial charge in [-0.2, -0.15) is 0 Å². The van der Waals surface area contributed by atoms with Gasteiger partial charge in [0.1, 0.15) is 0 Å². The molecule has 0 nitrogen and oxygen atoms in total. The van der Waals surface area contributed by atoms with Gasteiger partial charge in [-0.25, -0.2) is 0 Å². The average Bonchev–Trinajstić information content (AvgIpc) is 3.66. The van der Waals surface area contributed by atoms with Crippen LogP contribution in [0.3, 0.4) is 0 Å². The normalized spacial score (nSPS) is 15.1. The highest BCUT2D eigenvalue weighted by molar-refractivity contribution is 9.11. The summed E-state index contributed by atoms with van der Waals surface area (Å²) >= 11 is 12.0. The molecule has 0 fully saturated rings. The number of hydrogen-bond acceptors (Lipinski definition) is 2. The first kappa shape index (κ1) is 35.7. The van der Waals surface area contributed by atoms with Crippen LogP contribution in [0.25, 0.3) is 0 Å². The molecule has 0 aromatic carbocycles. The molecule has 5 heteroatoms. The van der Waals surface area contributed by atoms with Crippen LogP contribution in [0.2, 0.25) is 0 Å². The highest BCUT2D eigenvalue weighted by Gasteiger charge is 2.38. The molecule has 3 heterocycles. The Morgan fingerprint density at radius 3 is 1.37 bits per heavy atom. The fourth-order valence-electron chi connectivity index (χ4n) is 6.07. The van der Waals surface area contributed by atoms with E-state index in [0.29, 0.717) is 0 Å². The number of aryl methyl sites for hydroxylation is 2. The van der Waals surface area contributed by atoms with Crippen LogP contribution in [0, 0.1) is 0 Å². The van der Waals surface area contributed by atoms with E-state index in [1.807, 2.05) is 22.7 Å². The Hall–Kier alpha value is 0.190. The Bertz CT molecular complexity index is 1000. The minimum absolute atomic E-state index is 1.22. The molecule has 0 unspecified atom stereocenters. The smallest absolute Gasteiger partial charge is 0.0713 e. The van der Waals surface area contributed by atoms with Gasteiger partial charge in [-0.15, -0.1) is 32.7 Å². The molecule has 0 atom stereocenters. The Morgan fingerprint density at radius 2 is 0.927 bits per heavy atom. The van der Waals surface area contributed by atoms with Gasteiger partial charge in [0.05, 0.1) is 16.0 Å². The van der Waals surface area contributed by atoms with E-state index in [4.69, 9.17) is 0 Å². The maximum Gasteiger partial charge on any atom is 0.0713 e. The quantitative estimate of drug-likeness (QED) is 0.0994. The van der Waals surface area contributed by atoms with Gasteiger partial charge in [-0.05, 0) is 104 Å². The van der Waals surface area contributed by atoms with E-state index in [1.54, 1.807) is 24.5 Å². The molecule has 0 radical (unpaired) electrons. The van der Waals surface area contributed by atoms with Crippen LogP contribution in [-0.2, 0) is 12.8 Å². The van der Waals surface area contributed by atoms with Crippen molar-refractivity contribution < 1.29 is 0 Å². The van der Waals surface area contributed by atoms with Gasteiger partial charge in [0.2, 0.25) is 0 Å². The molecule has 232 valence electrons. The van der Waals surface area contributed by atoms with Crippen molar-refractivity contribution in [2.24, 2.45) is 0 Å². The number of rotatable bonds is 23. The fourth-order valence-corrected chi connectivity index (χ4v) is 16.1. The number of hydrogen-bond donors (Lipinski definition) is 0. The van der Waals surface area contributed by atoms with Gasteiger partial charge in [0.25, 0.3) is 0 Å². The van der Waals surface area contributed by atoms with Crippen molar-refractivity contribution in [1.29, 1.82) is 0 Å². The topological polar surface area (TPSA) is 0 Å². The molecule has 0 amide bonds. The molecular formula is C36H56Br2S3. The van der Waals surface area contributed by atoms with Crippen molar-refractivity contribution in [2.45, 2.75) is 164 Å². The summed E-state index contributed by atoms with van der Waals surface area (Å²) in [7, 11) is -1.32. The van der Waals surface area contributed by atoms with Gasteiger partial charge < -0.3 is 0 Å². The Balaban J connectivity index is 1.87. The van der Waals surface area contributed by atoms with Crippen LogP contribution in [0.1, 0.15) is 154 Å². The molecule has 0 saturated carbocycles. The lowest BCUT2D eigenvalue weighted by Gasteiger charge is -2.38. The van der Waals surface area contributed by atoms with Crippen molar-refractivity contribution in [2.75, 3.05) is 0 Å².